The summed E-state index contributed by atoms with van der Waals surface area (Å²) in [6.45, 7) is 7.51. The Hall–Kier alpha value is -6.63. The van der Waals surface area contributed by atoms with Crippen molar-refractivity contribution in [3.63, 3.8) is 0 Å². The van der Waals surface area contributed by atoms with E-state index in [0.717, 1.165) is 53.3 Å². The number of methoxy groups -OCH3 is 2. The number of ether oxygens (including phenoxy) is 2. The standard InChI is InChI=1S/C51H52FN5O5Si/c1-51(2,3)63(40-12-8-6-9-13-40,41-14-10-7-11-15-41)62-39-26-22-36(28-39)46-43-32-57(31-34-18-24-38(60-4)25-19-34)56-48(43)45(49(53)58)47(55-46)35-20-16-33(17-21-35)30-54-50(59)42-29-37(52)23-27-44(42)61-5/h6-21,23-25,27,29,32,36,39H,22,26,28,30-31H2,1-5H3,(H2,53,58)(H,54,59). The van der Waals surface area contributed by atoms with Gasteiger partial charge in [0.15, 0.2) is 0 Å². The van der Waals surface area contributed by atoms with Gasteiger partial charge in [-0.15, -0.1) is 0 Å². The molecule has 1 saturated carbocycles. The average molecular weight is 862 g/mol. The number of primary amides is 1. The van der Waals surface area contributed by atoms with Gasteiger partial charge in [0.05, 0.1) is 43.3 Å². The van der Waals surface area contributed by atoms with E-state index in [-0.39, 0.29) is 40.5 Å². The van der Waals surface area contributed by atoms with Crippen molar-refractivity contribution in [1.82, 2.24) is 20.1 Å². The van der Waals surface area contributed by atoms with Crippen LogP contribution >= 0.6 is 0 Å². The highest BCUT2D eigenvalue weighted by molar-refractivity contribution is 6.99. The Kier molecular flexibility index (Phi) is 12.3. The fourth-order valence-corrected chi connectivity index (χ4v) is 13.8. The molecule has 7 aromatic rings. The number of rotatable bonds is 14. The maximum absolute atomic E-state index is 14.0. The molecular formula is C51H52FN5O5Si. The van der Waals surface area contributed by atoms with Crippen LogP contribution in [0.25, 0.3) is 22.2 Å². The lowest BCUT2D eigenvalue weighted by Crippen LogP contribution is -2.67. The Labute approximate surface area is 368 Å². The van der Waals surface area contributed by atoms with E-state index in [1.165, 1.54) is 29.6 Å². The van der Waals surface area contributed by atoms with Gasteiger partial charge < -0.3 is 25.0 Å². The summed E-state index contributed by atoms with van der Waals surface area (Å²) in [5.74, 6) is -0.609. The number of fused-ring (bicyclic) bond motifs is 1. The summed E-state index contributed by atoms with van der Waals surface area (Å²) >= 11 is 0. The van der Waals surface area contributed by atoms with Crippen molar-refractivity contribution in [1.29, 1.82) is 0 Å². The normalized spacial score (nSPS) is 15.3. The highest BCUT2D eigenvalue weighted by Gasteiger charge is 2.52. The molecule has 3 N–H and O–H groups in total. The lowest BCUT2D eigenvalue weighted by atomic mass is 9.95. The summed E-state index contributed by atoms with van der Waals surface area (Å²) in [6.07, 6.45) is 4.34. The van der Waals surface area contributed by atoms with Gasteiger partial charge in [-0.3, -0.25) is 19.3 Å². The summed E-state index contributed by atoms with van der Waals surface area (Å²) in [6, 6.07) is 40.5. The number of hydrogen-bond donors (Lipinski definition) is 2. The Bertz CT molecular complexity index is 2700. The molecule has 0 saturated heterocycles. The molecule has 322 valence electrons. The first-order valence-electron chi connectivity index (χ1n) is 21.2. The van der Waals surface area contributed by atoms with Crippen LogP contribution in [-0.4, -0.2) is 55.2 Å². The van der Waals surface area contributed by atoms with Gasteiger partial charge in [0.25, 0.3) is 20.1 Å². The molecule has 0 bridgehead atoms. The highest BCUT2D eigenvalue weighted by Crippen LogP contribution is 2.45. The van der Waals surface area contributed by atoms with Crippen molar-refractivity contribution < 1.29 is 27.9 Å². The zero-order valence-electron chi connectivity index (χ0n) is 36.2. The number of nitrogens with one attached hydrogen (secondary N) is 1. The minimum absolute atomic E-state index is 0.00401. The SMILES string of the molecule is COc1ccc(Cn2cc3c(C4CCC(O[Si](c5ccccc5)(c5ccccc5)C(C)(C)C)C4)nc(-c4ccc(CNC(=O)c5cc(F)ccc5OC)cc4)c(C(N)=O)c3n2)cc1. The maximum Gasteiger partial charge on any atom is 0.261 e. The van der Waals surface area contributed by atoms with Crippen LogP contribution in [0.1, 0.15) is 83.5 Å². The number of carbonyl (C=O) groups is 2. The van der Waals surface area contributed by atoms with Crippen molar-refractivity contribution >= 4 is 41.4 Å². The van der Waals surface area contributed by atoms with Gasteiger partial charge >= 0.3 is 0 Å². The molecule has 0 radical (unpaired) electrons. The molecule has 0 spiro atoms. The van der Waals surface area contributed by atoms with E-state index in [0.29, 0.717) is 23.3 Å². The summed E-state index contributed by atoms with van der Waals surface area (Å²) < 4.78 is 34.1. The Morgan fingerprint density at radius 2 is 1.49 bits per heavy atom. The smallest absolute Gasteiger partial charge is 0.261 e. The van der Waals surface area contributed by atoms with E-state index in [2.05, 4.69) is 86.8 Å². The topological polar surface area (TPSA) is 131 Å². The van der Waals surface area contributed by atoms with E-state index >= 15 is 0 Å². The monoisotopic (exact) mass is 861 g/mol. The summed E-state index contributed by atoms with van der Waals surface area (Å²) in [4.78, 5) is 31.9. The molecule has 2 heterocycles. The largest absolute Gasteiger partial charge is 0.497 e. The van der Waals surface area contributed by atoms with Crippen LogP contribution in [0.2, 0.25) is 5.04 Å². The second-order valence-corrected chi connectivity index (χ2v) is 21.4. The van der Waals surface area contributed by atoms with Crippen molar-refractivity contribution in [3.8, 4) is 22.8 Å². The molecule has 63 heavy (non-hydrogen) atoms. The fraction of sp³-hybridized carbons (Fsp3) is 0.255. The number of nitrogens with zero attached hydrogens (tertiary/aromatic N) is 3. The zero-order valence-corrected chi connectivity index (χ0v) is 37.2. The van der Waals surface area contributed by atoms with Gasteiger partial charge in [0, 0.05) is 35.7 Å². The number of pyridine rings is 1. The Morgan fingerprint density at radius 1 is 0.841 bits per heavy atom. The van der Waals surface area contributed by atoms with Crippen LogP contribution in [0, 0.1) is 5.82 Å². The minimum Gasteiger partial charge on any atom is -0.497 e. The van der Waals surface area contributed by atoms with Gasteiger partial charge in [-0.25, -0.2) is 4.39 Å². The third kappa shape index (κ3) is 8.73. The van der Waals surface area contributed by atoms with E-state index in [1.807, 2.05) is 59.4 Å². The number of carbonyl (C=O) groups excluding carboxylic acids is 2. The first kappa shape index (κ1) is 43.0. The summed E-state index contributed by atoms with van der Waals surface area (Å²) in [5.41, 5.74) is 10.8. The maximum atomic E-state index is 14.0. The van der Waals surface area contributed by atoms with Gasteiger partial charge in [0.1, 0.15) is 22.8 Å². The second-order valence-electron chi connectivity index (χ2n) is 17.2. The number of hydrogen-bond acceptors (Lipinski definition) is 7. The summed E-state index contributed by atoms with van der Waals surface area (Å²) in [7, 11) is 0.234. The quantitative estimate of drug-likeness (QED) is 0.105. The molecule has 12 heteroatoms. The Morgan fingerprint density at radius 3 is 2.10 bits per heavy atom. The van der Waals surface area contributed by atoms with E-state index in [4.69, 9.17) is 29.7 Å². The molecule has 5 aromatic carbocycles. The molecule has 1 aliphatic rings. The number of nitrogens with two attached hydrogens (primary N) is 1. The van der Waals surface area contributed by atoms with Crippen LogP contribution in [0.3, 0.4) is 0 Å². The van der Waals surface area contributed by atoms with Gasteiger partial charge in [-0.05, 0) is 76.1 Å². The second kappa shape index (κ2) is 18.0. The van der Waals surface area contributed by atoms with E-state index in [1.54, 1.807) is 7.11 Å². The molecule has 8 rings (SSSR count). The lowest BCUT2D eigenvalue weighted by molar-refractivity contribution is 0.0946. The molecule has 2 amide bonds. The first-order chi connectivity index (χ1) is 30.4. The third-order valence-corrected chi connectivity index (χ3v) is 17.2. The van der Waals surface area contributed by atoms with Gasteiger partial charge in [-0.1, -0.05) is 118 Å². The van der Waals surface area contributed by atoms with E-state index < -0.39 is 25.9 Å². The molecule has 1 aliphatic carbocycles. The van der Waals surface area contributed by atoms with Crippen molar-refractivity contribution in [3.05, 3.63) is 167 Å². The van der Waals surface area contributed by atoms with Gasteiger partial charge in [-0.2, -0.15) is 5.10 Å². The molecule has 2 atom stereocenters. The predicted octanol–water partition coefficient (Wildman–Crippen LogP) is 8.54. The van der Waals surface area contributed by atoms with Crippen LogP contribution in [-0.2, 0) is 17.5 Å². The molecule has 0 aliphatic heterocycles. The lowest BCUT2D eigenvalue weighted by Gasteiger charge is -2.44. The third-order valence-electron chi connectivity index (χ3n) is 12.1. The number of halogens is 1. The highest BCUT2D eigenvalue weighted by atomic mass is 28.4. The molecule has 1 fully saturated rings. The van der Waals surface area contributed by atoms with E-state index in [9.17, 15) is 14.0 Å². The number of aromatic nitrogens is 3. The van der Waals surface area contributed by atoms with Crippen LogP contribution in [0.15, 0.2) is 134 Å². The molecule has 2 aromatic heterocycles. The average Bonchev–Trinajstić information content (AvgIpc) is 3.94. The number of benzene rings is 5. The molecule has 2 unspecified atom stereocenters. The van der Waals surface area contributed by atoms with Crippen LogP contribution in [0.5, 0.6) is 11.5 Å². The van der Waals surface area contributed by atoms with Crippen molar-refractivity contribution in [2.45, 2.75) is 70.2 Å². The first-order valence-corrected chi connectivity index (χ1v) is 23.1. The van der Waals surface area contributed by atoms with Crippen LogP contribution in [0.4, 0.5) is 4.39 Å². The minimum atomic E-state index is -2.83. The molecular weight excluding hydrogens is 810 g/mol. The van der Waals surface area contributed by atoms with Crippen molar-refractivity contribution in [2.24, 2.45) is 5.73 Å². The predicted molar refractivity (Wildman–Crippen MR) is 247 cm³/mol. The van der Waals surface area contributed by atoms with Crippen molar-refractivity contribution in [2.75, 3.05) is 14.2 Å². The number of amides is 2. The zero-order chi connectivity index (χ0) is 44.3. The van der Waals surface area contributed by atoms with Crippen LogP contribution < -0.4 is 30.9 Å². The fourth-order valence-electron chi connectivity index (χ4n) is 9.05. The summed E-state index contributed by atoms with van der Waals surface area (Å²) in [5, 5.41) is 11.0. The Balaban J connectivity index is 1.16. The molecule has 10 nitrogen and oxygen atoms in total. The van der Waals surface area contributed by atoms with Gasteiger partial charge in [0.2, 0.25) is 0 Å².